The Bertz CT molecular complexity index is 333. The van der Waals surface area contributed by atoms with Crippen LogP contribution in [0.15, 0.2) is 24.3 Å². The maximum Gasteiger partial charge on any atom is 0.123 e. The Balaban J connectivity index is 1.73. The molecule has 0 aliphatic heterocycles. The highest BCUT2D eigenvalue weighted by Gasteiger charge is 2.19. The van der Waals surface area contributed by atoms with E-state index in [1.54, 1.807) is 12.1 Å². The maximum absolute atomic E-state index is 12.7. The Morgan fingerprint density at radius 2 is 1.88 bits per heavy atom. The van der Waals surface area contributed by atoms with Crippen molar-refractivity contribution in [2.24, 2.45) is 5.92 Å². The van der Waals surface area contributed by atoms with Crippen LogP contribution in [0.25, 0.3) is 0 Å². The van der Waals surface area contributed by atoms with Crippen molar-refractivity contribution in [2.45, 2.75) is 45.1 Å². The van der Waals surface area contributed by atoms with Gasteiger partial charge in [-0.05, 0) is 49.4 Å². The quantitative estimate of drug-likeness (QED) is 0.841. The second-order valence-electron chi connectivity index (χ2n) is 5.20. The molecule has 1 aliphatic rings. The van der Waals surface area contributed by atoms with Crippen molar-refractivity contribution >= 4 is 0 Å². The third kappa shape index (κ3) is 3.81. The first-order valence-electron chi connectivity index (χ1n) is 6.73. The summed E-state index contributed by atoms with van der Waals surface area (Å²) < 4.78 is 12.7. The van der Waals surface area contributed by atoms with Crippen LogP contribution < -0.4 is 5.32 Å². The molecule has 0 radical (unpaired) electrons. The van der Waals surface area contributed by atoms with Crippen LogP contribution >= 0.6 is 0 Å². The molecule has 17 heavy (non-hydrogen) atoms. The standard InChI is InChI=1S/C15H22FN/c1-12-4-2-3-5-15(12)17-11-10-13-6-8-14(16)9-7-13/h6-9,12,15,17H,2-5,10-11H2,1H3. The molecule has 1 nitrogen and oxygen atoms in total. The zero-order chi connectivity index (χ0) is 12.1. The Labute approximate surface area is 103 Å². The van der Waals surface area contributed by atoms with Crippen molar-refractivity contribution in [3.63, 3.8) is 0 Å². The van der Waals surface area contributed by atoms with Gasteiger partial charge in [0.2, 0.25) is 0 Å². The molecule has 94 valence electrons. The SMILES string of the molecule is CC1CCCCC1NCCc1ccc(F)cc1. The highest BCUT2D eigenvalue weighted by Crippen LogP contribution is 2.23. The van der Waals surface area contributed by atoms with Crippen LogP contribution in [0.2, 0.25) is 0 Å². The molecule has 0 heterocycles. The van der Waals surface area contributed by atoms with Gasteiger partial charge in [-0.25, -0.2) is 4.39 Å². The van der Waals surface area contributed by atoms with Crippen LogP contribution in [0, 0.1) is 11.7 Å². The predicted molar refractivity (Wildman–Crippen MR) is 69.5 cm³/mol. The van der Waals surface area contributed by atoms with Gasteiger partial charge in [0.15, 0.2) is 0 Å². The van der Waals surface area contributed by atoms with E-state index in [1.165, 1.54) is 31.2 Å². The smallest absolute Gasteiger partial charge is 0.123 e. The lowest BCUT2D eigenvalue weighted by molar-refractivity contribution is 0.282. The average Bonchev–Trinajstić information content (AvgIpc) is 2.34. The van der Waals surface area contributed by atoms with Crippen LogP contribution in [-0.4, -0.2) is 12.6 Å². The molecule has 0 aromatic heterocycles. The van der Waals surface area contributed by atoms with E-state index in [9.17, 15) is 4.39 Å². The number of halogens is 1. The lowest BCUT2D eigenvalue weighted by atomic mass is 9.86. The van der Waals surface area contributed by atoms with Crippen molar-refractivity contribution in [1.82, 2.24) is 5.32 Å². The molecule has 1 aliphatic carbocycles. The van der Waals surface area contributed by atoms with E-state index < -0.39 is 0 Å². The number of nitrogens with one attached hydrogen (secondary N) is 1. The molecular formula is C15H22FN. The fourth-order valence-corrected chi connectivity index (χ4v) is 2.67. The van der Waals surface area contributed by atoms with Gasteiger partial charge < -0.3 is 5.32 Å². The van der Waals surface area contributed by atoms with Crippen molar-refractivity contribution in [2.75, 3.05) is 6.54 Å². The molecule has 0 spiro atoms. The minimum absolute atomic E-state index is 0.150. The maximum atomic E-state index is 12.7. The monoisotopic (exact) mass is 235 g/mol. The van der Waals surface area contributed by atoms with E-state index in [4.69, 9.17) is 0 Å². The second-order valence-corrected chi connectivity index (χ2v) is 5.20. The fourth-order valence-electron chi connectivity index (χ4n) is 2.67. The number of hydrogen-bond donors (Lipinski definition) is 1. The van der Waals surface area contributed by atoms with Gasteiger partial charge in [0.05, 0.1) is 0 Å². The molecule has 2 rings (SSSR count). The topological polar surface area (TPSA) is 12.0 Å². The minimum Gasteiger partial charge on any atom is -0.313 e. The molecule has 1 aromatic carbocycles. The fraction of sp³-hybridized carbons (Fsp3) is 0.600. The molecule has 2 unspecified atom stereocenters. The largest absolute Gasteiger partial charge is 0.313 e. The van der Waals surface area contributed by atoms with Gasteiger partial charge in [-0.15, -0.1) is 0 Å². The van der Waals surface area contributed by atoms with Gasteiger partial charge in [-0.1, -0.05) is 31.9 Å². The van der Waals surface area contributed by atoms with Gasteiger partial charge in [0.1, 0.15) is 5.82 Å². The number of benzene rings is 1. The third-order valence-electron chi connectivity index (χ3n) is 3.84. The summed E-state index contributed by atoms with van der Waals surface area (Å²) in [5.74, 6) is 0.652. The van der Waals surface area contributed by atoms with E-state index in [1.807, 2.05) is 12.1 Å². The second kappa shape index (κ2) is 6.15. The molecular weight excluding hydrogens is 213 g/mol. The van der Waals surface area contributed by atoms with Crippen LogP contribution in [-0.2, 0) is 6.42 Å². The Kier molecular flexibility index (Phi) is 4.55. The summed E-state index contributed by atoms with van der Waals surface area (Å²) in [6.45, 7) is 3.34. The van der Waals surface area contributed by atoms with E-state index in [2.05, 4.69) is 12.2 Å². The van der Waals surface area contributed by atoms with Gasteiger partial charge in [-0.2, -0.15) is 0 Å². The van der Waals surface area contributed by atoms with Crippen LogP contribution in [0.4, 0.5) is 4.39 Å². The van der Waals surface area contributed by atoms with E-state index >= 15 is 0 Å². The molecule has 1 aromatic rings. The molecule has 2 atom stereocenters. The van der Waals surface area contributed by atoms with Crippen LogP contribution in [0.3, 0.4) is 0 Å². The lowest BCUT2D eigenvalue weighted by Gasteiger charge is -2.29. The van der Waals surface area contributed by atoms with Gasteiger partial charge in [0.25, 0.3) is 0 Å². The van der Waals surface area contributed by atoms with Gasteiger partial charge in [0, 0.05) is 6.04 Å². The first-order valence-corrected chi connectivity index (χ1v) is 6.73. The Hall–Kier alpha value is -0.890. The van der Waals surface area contributed by atoms with E-state index in [0.29, 0.717) is 6.04 Å². The summed E-state index contributed by atoms with van der Waals surface area (Å²) in [7, 11) is 0. The number of rotatable bonds is 4. The summed E-state index contributed by atoms with van der Waals surface area (Å²) in [5, 5.41) is 3.64. The molecule has 0 amide bonds. The number of hydrogen-bond acceptors (Lipinski definition) is 1. The summed E-state index contributed by atoms with van der Waals surface area (Å²) >= 11 is 0. The summed E-state index contributed by atoms with van der Waals surface area (Å²) in [6.07, 6.45) is 6.40. The van der Waals surface area contributed by atoms with Crippen molar-refractivity contribution < 1.29 is 4.39 Å². The molecule has 2 heteroatoms. The first kappa shape index (κ1) is 12.6. The van der Waals surface area contributed by atoms with Gasteiger partial charge in [-0.3, -0.25) is 0 Å². The predicted octanol–water partition coefficient (Wildman–Crippen LogP) is 3.54. The molecule has 1 fully saturated rings. The highest BCUT2D eigenvalue weighted by molar-refractivity contribution is 5.16. The van der Waals surface area contributed by atoms with Crippen molar-refractivity contribution in [3.05, 3.63) is 35.6 Å². The summed E-state index contributed by atoms with van der Waals surface area (Å²) in [4.78, 5) is 0. The van der Waals surface area contributed by atoms with Crippen molar-refractivity contribution in [1.29, 1.82) is 0 Å². The normalized spacial score (nSPS) is 24.8. The zero-order valence-corrected chi connectivity index (χ0v) is 10.6. The van der Waals surface area contributed by atoms with E-state index in [-0.39, 0.29) is 5.82 Å². The highest BCUT2D eigenvalue weighted by atomic mass is 19.1. The van der Waals surface area contributed by atoms with Crippen molar-refractivity contribution in [3.8, 4) is 0 Å². The zero-order valence-electron chi connectivity index (χ0n) is 10.6. The lowest BCUT2D eigenvalue weighted by Crippen LogP contribution is -2.38. The molecule has 0 saturated heterocycles. The minimum atomic E-state index is -0.150. The van der Waals surface area contributed by atoms with E-state index in [0.717, 1.165) is 18.9 Å². The van der Waals surface area contributed by atoms with Crippen LogP contribution in [0.5, 0.6) is 0 Å². The molecule has 1 saturated carbocycles. The van der Waals surface area contributed by atoms with Crippen LogP contribution in [0.1, 0.15) is 38.2 Å². The Morgan fingerprint density at radius 3 is 2.59 bits per heavy atom. The molecule has 1 N–H and O–H groups in total. The Morgan fingerprint density at radius 1 is 1.18 bits per heavy atom. The summed E-state index contributed by atoms with van der Waals surface area (Å²) in [5.41, 5.74) is 1.21. The first-order chi connectivity index (χ1) is 8.25. The molecule has 0 bridgehead atoms. The third-order valence-corrected chi connectivity index (χ3v) is 3.84. The van der Waals surface area contributed by atoms with Gasteiger partial charge >= 0.3 is 0 Å². The average molecular weight is 235 g/mol. The summed E-state index contributed by atoms with van der Waals surface area (Å²) in [6, 6.07) is 7.52.